The van der Waals surface area contributed by atoms with Gasteiger partial charge < -0.3 is 19.3 Å². The third-order valence-corrected chi connectivity index (χ3v) is 7.03. The zero-order chi connectivity index (χ0) is 24.9. The fraction of sp³-hybridized carbons (Fsp3) is 0.346. The average molecular weight is 496 g/mol. The Bertz CT molecular complexity index is 1300. The maximum Gasteiger partial charge on any atom is 0.416 e. The summed E-state index contributed by atoms with van der Waals surface area (Å²) in [5.74, 6) is 0.374. The van der Waals surface area contributed by atoms with Gasteiger partial charge in [0.15, 0.2) is 0 Å². The largest absolute Gasteiger partial charge is 0.416 e. The van der Waals surface area contributed by atoms with Gasteiger partial charge in [-0.2, -0.15) is 13.2 Å². The molecule has 2 saturated heterocycles. The van der Waals surface area contributed by atoms with Gasteiger partial charge in [-0.15, -0.1) is 0 Å². The van der Waals surface area contributed by atoms with E-state index in [9.17, 15) is 18.0 Å². The molecule has 0 atom stereocenters. The fourth-order valence-corrected chi connectivity index (χ4v) is 5.02. The molecular formula is C26H23F3N4O3. The molecule has 3 aliphatic rings. The minimum atomic E-state index is -4.43. The van der Waals surface area contributed by atoms with Gasteiger partial charge in [0, 0.05) is 48.8 Å². The maximum absolute atomic E-state index is 13.1. The Morgan fingerprint density at radius 3 is 2.36 bits per heavy atom. The molecule has 186 valence electrons. The number of amides is 1. The molecule has 2 aromatic carbocycles. The number of carbonyl (C=O) groups excluding carboxylic acids is 1. The van der Waals surface area contributed by atoms with Crippen molar-refractivity contribution in [2.24, 2.45) is 0 Å². The molecule has 3 aliphatic heterocycles. The first kappa shape index (κ1) is 22.9. The SMILES string of the molecule is O=C(c1ccc2c(c1)N(c1ncc(-c3cccc(C(F)(F)F)c3)cn1)CC21COC1)N1CCOCC1. The van der Waals surface area contributed by atoms with Crippen LogP contribution in [-0.2, 0) is 21.1 Å². The fourth-order valence-electron chi connectivity index (χ4n) is 5.02. The molecule has 0 bridgehead atoms. The Morgan fingerprint density at radius 1 is 0.944 bits per heavy atom. The van der Waals surface area contributed by atoms with Crippen LogP contribution in [0.3, 0.4) is 0 Å². The Hall–Kier alpha value is -3.50. The summed E-state index contributed by atoms with van der Waals surface area (Å²) in [4.78, 5) is 25.8. The molecule has 0 unspecified atom stereocenters. The van der Waals surface area contributed by atoms with Crippen LogP contribution in [0.25, 0.3) is 11.1 Å². The van der Waals surface area contributed by atoms with E-state index in [1.807, 2.05) is 23.1 Å². The number of alkyl halides is 3. The topological polar surface area (TPSA) is 67.8 Å². The molecule has 0 radical (unpaired) electrons. The first-order chi connectivity index (χ1) is 17.3. The Morgan fingerprint density at radius 2 is 1.69 bits per heavy atom. The zero-order valence-corrected chi connectivity index (χ0v) is 19.3. The summed E-state index contributed by atoms with van der Waals surface area (Å²) in [6.45, 7) is 3.88. The second kappa shape index (κ2) is 8.56. The second-order valence-electron chi connectivity index (χ2n) is 9.35. The van der Waals surface area contributed by atoms with Gasteiger partial charge in [0.1, 0.15) is 0 Å². The smallest absolute Gasteiger partial charge is 0.379 e. The molecule has 0 N–H and O–H groups in total. The van der Waals surface area contributed by atoms with E-state index in [0.717, 1.165) is 23.4 Å². The van der Waals surface area contributed by atoms with E-state index in [-0.39, 0.29) is 11.3 Å². The number of ether oxygens (including phenoxy) is 2. The zero-order valence-electron chi connectivity index (χ0n) is 19.3. The molecule has 1 aromatic heterocycles. The highest BCUT2D eigenvalue weighted by molar-refractivity contribution is 5.96. The number of rotatable bonds is 3. The van der Waals surface area contributed by atoms with Gasteiger partial charge in [0.05, 0.1) is 37.4 Å². The van der Waals surface area contributed by atoms with Gasteiger partial charge in [0.2, 0.25) is 5.95 Å². The van der Waals surface area contributed by atoms with Crippen molar-refractivity contribution in [1.82, 2.24) is 14.9 Å². The van der Waals surface area contributed by atoms with Crippen LogP contribution in [0.1, 0.15) is 21.5 Å². The standard InChI is InChI=1S/C26H23F3N4O3/c27-26(28,29)20-3-1-2-17(10-20)19-12-30-24(31-13-19)33-14-25(15-36-16-25)21-5-4-18(11-22(21)33)23(34)32-6-8-35-9-7-32/h1-5,10-13H,6-9,14-16H2. The highest BCUT2D eigenvalue weighted by Gasteiger charge is 2.49. The first-order valence-corrected chi connectivity index (χ1v) is 11.7. The van der Waals surface area contributed by atoms with Gasteiger partial charge in [0.25, 0.3) is 5.91 Å². The minimum absolute atomic E-state index is 0.0485. The minimum Gasteiger partial charge on any atom is -0.379 e. The molecule has 1 spiro atoms. The number of nitrogens with zero attached hydrogens (tertiary/aromatic N) is 4. The van der Waals surface area contributed by atoms with Crippen molar-refractivity contribution in [3.05, 3.63) is 71.5 Å². The monoisotopic (exact) mass is 496 g/mol. The van der Waals surface area contributed by atoms with Crippen LogP contribution < -0.4 is 4.90 Å². The average Bonchev–Trinajstić information content (AvgIpc) is 3.24. The molecule has 10 heteroatoms. The third kappa shape index (κ3) is 3.90. The summed E-state index contributed by atoms with van der Waals surface area (Å²) in [6, 6.07) is 10.8. The maximum atomic E-state index is 13.1. The number of carbonyl (C=O) groups is 1. The molecule has 2 fully saturated rings. The van der Waals surface area contributed by atoms with Crippen LogP contribution in [0.2, 0.25) is 0 Å². The van der Waals surface area contributed by atoms with Crippen LogP contribution in [0, 0.1) is 0 Å². The quantitative estimate of drug-likeness (QED) is 0.545. The predicted octanol–water partition coefficient (Wildman–Crippen LogP) is 4.05. The highest BCUT2D eigenvalue weighted by atomic mass is 19.4. The number of hydrogen-bond donors (Lipinski definition) is 0. The number of halogens is 3. The van der Waals surface area contributed by atoms with Crippen LogP contribution in [0.15, 0.2) is 54.9 Å². The summed E-state index contributed by atoms with van der Waals surface area (Å²) in [6.07, 6.45) is -1.36. The van der Waals surface area contributed by atoms with Crippen molar-refractivity contribution < 1.29 is 27.4 Å². The third-order valence-electron chi connectivity index (χ3n) is 7.03. The number of benzene rings is 2. The molecular weight excluding hydrogens is 473 g/mol. The Labute approximate surface area is 205 Å². The number of fused-ring (bicyclic) bond motifs is 2. The molecule has 36 heavy (non-hydrogen) atoms. The van der Waals surface area contributed by atoms with E-state index < -0.39 is 11.7 Å². The molecule has 0 aliphatic carbocycles. The summed E-state index contributed by atoms with van der Waals surface area (Å²) < 4.78 is 50.3. The van der Waals surface area contributed by atoms with Crippen molar-refractivity contribution in [3.8, 4) is 11.1 Å². The van der Waals surface area contributed by atoms with Crippen molar-refractivity contribution in [2.45, 2.75) is 11.6 Å². The number of morpholine rings is 1. The summed E-state index contributed by atoms with van der Waals surface area (Å²) in [7, 11) is 0. The predicted molar refractivity (Wildman–Crippen MR) is 125 cm³/mol. The van der Waals surface area contributed by atoms with E-state index in [0.29, 0.717) is 68.7 Å². The van der Waals surface area contributed by atoms with E-state index in [2.05, 4.69) is 9.97 Å². The molecule has 7 nitrogen and oxygen atoms in total. The van der Waals surface area contributed by atoms with Crippen LogP contribution in [0.4, 0.5) is 24.8 Å². The molecule has 1 amide bonds. The molecule has 0 saturated carbocycles. The van der Waals surface area contributed by atoms with Gasteiger partial charge in [-0.05, 0) is 35.4 Å². The van der Waals surface area contributed by atoms with E-state index in [1.54, 1.807) is 11.0 Å². The van der Waals surface area contributed by atoms with Crippen molar-refractivity contribution in [1.29, 1.82) is 0 Å². The van der Waals surface area contributed by atoms with Crippen LogP contribution >= 0.6 is 0 Å². The normalized spacial score (nSPS) is 18.8. The van der Waals surface area contributed by atoms with Crippen LogP contribution in [-0.4, -0.2) is 66.8 Å². The number of anilines is 2. The van der Waals surface area contributed by atoms with E-state index >= 15 is 0 Å². The van der Waals surface area contributed by atoms with E-state index in [1.165, 1.54) is 18.5 Å². The highest BCUT2D eigenvalue weighted by Crippen LogP contribution is 2.48. The second-order valence-corrected chi connectivity index (χ2v) is 9.35. The summed E-state index contributed by atoms with van der Waals surface area (Å²) >= 11 is 0. The Kier molecular flexibility index (Phi) is 5.45. The lowest BCUT2D eigenvalue weighted by Gasteiger charge is -2.38. The molecule has 4 heterocycles. The van der Waals surface area contributed by atoms with Gasteiger partial charge in [-0.25, -0.2) is 9.97 Å². The number of aromatic nitrogens is 2. The van der Waals surface area contributed by atoms with Crippen molar-refractivity contribution >= 4 is 17.5 Å². The van der Waals surface area contributed by atoms with Gasteiger partial charge in [-0.3, -0.25) is 4.79 Å². The Balaban J connectivity index is 1.32. The lowest BCUT2D eigenvalue weighted by Crippen LogP contribution is -2.49. The lowest BCUT2D eigenvalue weighted by molar-refractivity contribution is -0.137. The molecule has 6 rings (SSSR count). The van der Waals surface area contributed by atoms with Gasteiger partial charge in [-0.1, -0.05) is 18.2 Å². The van der Waals surface area contributed by atoms with E-state index in [4.69, 9.17) is 9.47 Å². The summed E-state index contributed by atoms with van der Waals surface area (Å²) in [5.41, 5.74) is 2.48. The van der Waals surface area contributed by atoms with Crippen LogP contribution in [0.5, 0.6) is 0 Å². The van der Waals surface area contributed by atoms with Gasteiger partial charge >= 0.3 is 6.18 Å². The lowest BCUT2D eigenvalue weighted by atomic mass is 9.80. The summed E-state index contributed by atoms with van der Waals surface area (Å²) in [5, 5.41) is 0. The first-order valence-electron chi connectivity index (χ1n) is 11.7. The number of hydrogen-bond acceptors (Lipinski definition) is 6. The van der Waals surface area contributed by atoms with Crippen molar-refractivity contribution in [2.75, 3.05) is 51.0 Å². The molecule has 3 aromatic rings. The van der Waals surface area contributed by atoms with Crippen molar-refractivity contribution in [3.63, 3.8) is 0 Å².